The standard InChI is InChI=1S/C16H16FNO4/c1-3-21-16(19)13-8-14(20-2)15(9-18-13)22-10-11-4-6-12(17)7-5-11/h4-9H,3,10H2,1-2H3. The summed E-state index contributed by atoms with van der Waals surface area (Å²) in [5.41, 5.74) is 0.950. The van der Waals surface area contributed by atoms with Crippen LogP contribution in [0.15, 0.2) is 36.5 Å². The maximum Gasteiger partial charge on any atom is 0.357 e. The van der Waals surface area contributed by atoms with Crippen molar-refractivity contribution in [1.82, 2.24) is 4.98 Å². The van der Waals surface area contributed by atoms with Crippen LogP contribution >= 0.6 is 0 Å². The number of rotatable bonds is 6. The van der Waals surface area contributed by atoms with E-state index in [0.717, 1.165) is 5.56 Å². The lowest BCUT2D eigenvalue weighted by Crippen LogP contribution is -2.08. The lowest BCUT2D eigenvalue weighted by molar-refractivity contribution is 0.0519. The van der Waals surface area contributed by atoms with Crippen molar-refractivity contribution in [1.29, 1.82) is 0 Å². The molecule has 0 fully saturated rings. The molecule has 1 aromatic carbocycles. The van der Waals surface area contributed by atoms with E-state index in [-0.39, 0.29) is 24.7 Å². The van der Waals surface area contributed by atoms with E-state index in [0.29, 0.717) is 11.5 Å². The highest BCUT2D eigenvalue weighted by Crippen LogP contribution is 2.27. The molecule has 1 aromatic heterocycles. The summed E-state index contributed by atoms with van der Waals surface area (Å²) in [5.74, 6) is -0.0623. The summed E-state index contributed by atoms with van der Waals surface area (Å²) in [6.07, 6.45) is 1.40. The van der Waals surface area contributed by atoms with Gasteiger partial charge >= 0.3 is 5.97 Å². The molecule has 2 rings (SSSR count). The van der Waals surface area contributed by atoms with Crippen molar-refractivity contribution in [2.75, 3.05) is 13.7 Å². The molecule has 0 atom stereocenters. The van der Waals surface area contributed by atoms with Crippen molar-refractivity contribution in [2.45, 2.75) is 13.5 Å². The van der Waals surface area contributed by atoms with Crippen LogP contribution in [0.4, 0.5) is 4.39 Å². The molecule has 22 heavy (non-hydrogen) atoms. The van der Waals surface area contributed by atoms with Crippen LogP contribution in [0.25, 0.3) is 0 Å². The van der Waals surface area contributed by atoms with Crippen LogP contribution in [-0.4, -0.2) is 24.7 Å². The lowest BCUT2D eigenvalue weighted by atomic mass is 10.2. The minimum atomic E-state index is -0.522. The molecule has 0 spiro atoms. The first-order valence-corrected chi connectivity index (χ1v) is 6.72. The molecule has 0 amide bonds. The third-order valence-corrected chi connectivity index (χ3v) is 2.84. The van der Waals surface area contributed by atoms with E-state index in [1.807, 2.05) is 0 Å². The number of hydrogen-bond donors (Lipinski definition) is 0. The number of aromatic nitrogens is 1. The molecule has 116 valence electrons. The van der Waals surface area contributed by atoms with Crippen molar-refractivity contribution in [3.8, 4) is 11.5 Å². The van der Waals surface area contributed by atoms with Crippen molar-refractivity contribution in [2.24, 2.45) is 0 Å². The minimum absolute atomic E-state index is 0.146. The third-order valence-electron chi connectivity index (χ3n) is 2.84. The summed E-state index contributed by atoms with van der Waals surface area (Å²) in [7, 11) is 1.47. The zero-order valence-corrected chi connectivity index (χ0v) is 12.3. The van der Waals surface area contributed by atoms with E-state index in [1.54, 1.807) is 19.1 Å². The Balaban J connectivity index is 2.10. The Morgan fingerprint density at radius 2 is 1.95 bits per heavy atom. The van der Waals surface area contributed by atoms with Gasteiger partial charge in [0.25, 0.3) is 0 Å². The number of pyridine rings is 1. The number of methoxy groups -OCH3 is 1. The molecule has 1 heterocycles. The molecule has 6 heteroatoms. The maximum absolute atomic E-state index is 12.8. The molecule has 5 nitrogen and oxygen atoms in total. The third kappa shape index (κ3) is 3.94. The number of hydrogen-bond acceptors (Lipinski definition) is 5. The van der Waals surface area contributed by atoms with Gasteiger partial charge in [-0.15, -0.1) is 0 Å². The molecular formula is C16H16FNO4. The van der Waals surface area contributed by atoms with Crippen LogP contribution in [0, 0.1) is 5.82 Å². The van der Waals surface area contributed by atoms with Crippen molar-refractivity contribution in [3.63, 3.8) is 0 Å². The fourth-order valence-corrected chi connectivity index (χ4v) is 1.75. The Morgan fingerprint density at radius 1 is 1.23 bits per heavy atom. The molecule has 0 aliphatic carbocycles. The molecular weight excluding hydrogens is 289 g/mol. The van der Waals surface area contributed by atoms with Gasteiger partial charge < -0.3 is 14.2 Å². The second-order valence-corrected chi connectivity index (χ2v) is 4.36. The van der Waals surface area contributed by atoms with Crippen LogP contribution in [0.1, 0.15) is 23.0 Å². The number of halogens is 1. The zero-order chi connectivity index (χ0) is 15.9. The van der Waals surface area contributed by atoms with Crippen LogP contribution < -0.4 is 9.47 Å². The number of nitrogens with zero attached hydrogens (tertiary/aromatic N) is 1. The Morgan fingerprint density at radius 3 is 2.59 bits per heavy atom. The summed E-state index contributed by atoms with van der Waals surface area (Å²) in [5, 5.41) is 0. The van der Waals surface area contributed by atoms with Crippen LogP contribution in [0.5, 0.6) is 11.5 Å². The Kier molecular flexibility index (Phi) is 5.30. The Bertz CT molecular complexity index is 643. The van der Waals surface area contributed by atoms with E-state index in [2.05, 4.69) is 4.98 Å². The summed E-state index contributed by atoms with van der Waals surface area (Å²) >= 11 is 0. The predicted molar refractivity (Wildman–Crippen MR) is 77.5 cm³/mol. The van der Waals surface area contributed by atoms with E-state index in [4.69, 9.17) is 14.2 Å². The van der Waals surface area contributed by atoms with Gasteiger partial charge in [-0.3, -0.25) is 0 Å². The maximum atomic E-state index is 12.8. The zero-order valence-electron chi connectivity index (χ0n) is 12.3. The predicted octanol–water partition coefficient (Wildman–Crippen LogP) is 2.99. The fraction of sp³-hybridized carbons (Fsp3) is 0.250. The van der Waals surface area contributed by atoms with Crippen molar-refractivity contribution >= 4 is 5.97 Å². The molecule has 0 radical (unpaired) electrons. The minimum Gasteiger partial charge on any atom is -0.493 e. The second kappa shape index (κ2) is 7.40. The van der Waals surface area contributed by atoms with Crippen molar-refractivity contribution < 1.29 is 23.4 Å². The molecule has 0 bridgehead atoms. The summed E-state index contributed by atoms with van der Waals surface area (Å²) in [6, 6.07) is 7.43. The van der Waals surface area contributed by atoms with Gasteiger partial charge in [0, 0.05) is 6.07 Å². The van der Waals surface area contributed by atoms with Gasteiger partial charge in [0.05, 0.1) is 19.9 Å². The largest absolute Gasteiger partial charge is 0.493 e. The van der Waals surface area contributed by atoms with Crippen molar-refractivity contribution in [3.05, 3.63) is 53.6 Å². The highest BCUT2D eigenvalue weighted by Gasteiger charge is 2.13. The molecule has 0 N–H and O–H groups in total. The van der Waals surface area contributed by atoms with Crippen LogP contribution in [0.2, 0.25) is 0 Å². The molecule has 0 aliphatic heterocycles. The molecule has 0 saturated heterocycles. The first-order chi connectivity index (χ1) is 10.6. The highest BCUT2D eigenvalue weighted by molar-refractivity contribution is 5.87. The van der Waals surface area contributed by atoms with Gasteiger partial charge in [0.15, 0.2) is 17.2 Å². The van der Waals surface area contributed by atoms with Gasteiger partial charge in [0.1, 0.15) is 12.4 Å². The van der Waals surface area contributed by atoms with E-state index < -0.39 is 5.97 Å². The Hall–Kier alpha value is -2.63. The normalized spacial score (nSPS) is 10.1. The smallest absolute Gasteiger partial charge is 0.357 e. The SMILES string of the molecule is CCOC(=O)c1cc(OC)c(OCc2ccc(F)cc2)cn1. The van der Waals surface area contributed by atoms with Gasteiger partial charge in [-0.25, -0.2) is 14.2 Å². The topological polar surface area (TPSA) is 57.7 Å². The molecule has 0 unspecified atom stereocenters. The Labute approximate surface area is 127 Å². The summed E-state index contributed by atoms with van der Waals surface area (Å²) < 4.78 is 28.5. The molecule has 0 saturated carbocycles. The van der Waals surface area contributed by atoms with Gasteiger partial charge in [-0.05, 0) is 24.6 Å². The van der Waals surface area contributed by atoms with E-state index in [9.17, 15) is 9.18 Å². The average molecular weight is 305 g/mol. The number of benzene rings is 1. The quantitative estimate of drug-likeness (QED) is 0.768. The average Bonchev–Trinajstić information content (AvgIpc) is 2.54. The highest BCUT2D eigenvalue weighted by atomic mass is 19.1. The van der Waals surface area contributed by atoms with Crippen LogP contribution in [0.3, 0.4) is 0 Å². The van der Waals surface area contributed by atoms with Gasteiger partial charge in [-0.2, -0.15) is 0 Å². The lowest BCUT2D eigenvalue weighted by Gasteiger charge is -2.11. The monoisotopic (exact) mass is 305 g/mol. The van der Waals surface area contributed by atoms with E-state index in [1.165, 1.54) is 31.5 Å². The first kappa shape index (κ1) is 15.8. The summed E-state index contributed by atoms with van der Waals surface area (Å²) in [4.78, 5) is 15.6. The van der Waals surface area contributed by atoms with E-state index >= 15 is 0 Å². The second-order valence-electron chi connectivity index (χ2n) is 4.36. The van der Waals surface area contributed by atoms with Gasteiger partial charge in [-0.1, -0.05) is 12.1 Å². The number of carbonyl (C=O) groups is 1. The van der Waals surface area contributed by atoms with Gasteiger partial charge in [0.2, 0.25) is 0 Å². The molecule has 0 aliphatic rings. The number of carbonyl (C=O) groups excluding carboxylic acids is 1. The first-order valence-electron chi connectivity index (χ1n) is 6.72. The summed E-state index contributed by atoms with van der Waals surface area (Å²) in [6.45, 7) is 2.22. The fourth-order valence-electron chi connectivity index (χ4n) is 1.75. The number of ether oxygens (including phenoxy) is 3. The number of esters is 1. The van der Waals surface area contributed by atoms with Crippen LogP contribution in [-0.2, 0) is 11.3 Å². The molecule has 2 aromatic rings.